The van der Waals surface area contributed by atoms with Gasteiger partial charge < -0.3 is 18.8 Å². The van der Waals surface area contributed by atoms with Crippen LogP contribution in [-0.2, 0) is 16.1 Å². The number of carbonyl (C=O) groups is 1. The average molecular weight is 656 g/mol. The largest absolute Gasteiger partial charge is 0.490 e. The molecule has 0 unspecified atom stereocenters. The van der Waals surface area contributed by atoms with Crippen molar-refractivity contribution in [1.82, 2.24) is 9.13 Å². The van der Waals surface area contributed by atoms with Gasteiger partial charge >= 0.3 is 5.97 Å². The number of nitrogens with zero attached hydrogens (tertiary/aromatic N) is 3. The second-order valence-corrected chi connectivity index (χ2v) is 12.1. The van der Waals surface area contributed by atoms with E-state index < -0.39 is 12.0 Å². The molecule has 46 heavy (non-hydrogen) atoms. The molecule has 0 aliphatic carbocycles. The summed E-state index contributed by atoms with van der Waals surface area (Å²) in [5, 5.41) is 1.71. The zero-order valence-corrected chi connectivity index (χ0v) is 27.7. The molecular weight excluding hydrogens is 622 g/mol. The Labute approximate surface area is 275 Å². The lowest BCUT2D eigenvalue weighted by Gasteiger charge is -2.25. The van der Waals surface area contributed by atoms with Crippen molar-refractivity contribution in [2.24, 2.45) is 4.99 Å². The number of thiazole rings is 1. The maximum atomic E-state index is 14.3. The Morgan fingerprint density at radius 3 is 2.48 bits per heavy atom. The van der Waals surface area contributed by atoms with Crippen LogP contribution >= 0.6 is 22.9 Å². The van der Waals surface area contributed by atoms with Gasteiger partial charge in [0.25, 0.3) is 5.56 Å². The van der Waals surface area contributed by atoms with E-state index in [9.17, 15) is 9.59 Å². The van der Waals surface area contributed by atoms with Gasteiger partial charge in [-0.1, -0.05) is 65.4 Å². The number of carbonyl (C=O) groups excluding carboxylic acids is 1. The molecule has 0 spiro atoms. The highest BCUT2D eigenvalue weighted by Crippen LogP contribution is 2.36. The number of halogens is 1. The molecule has 0 N–H and O–H groups in total. The Kier molecular flexibility index (Phi) is 9.15. The van der Waals surface area contributed by atoms with Crippen LogP contribution in [0.2, 0.25) is 5.02 Å². The summed E-state index contributed by atoms with van der Waals surface area (Å²) < 4.78 is 21.4. The van der Waals surface area contributed by atoms with E-state index in [0.29, 0.717) is 62.4 Å². The van der Waals surface area contributed by atoms with Gasteiger partial charge in [0.1, 0.15) is 0 Å². The Morgan fingerprint density at radius 2 is 1.72 bits per heavy atom. The first-order valence-corrected chi connectivity index (χ1v) is 16.4. The van der Waals surface area contributed by atoms with E-state index in [1.165, 1.54) is 11.3 Å². The minimum absolute atomic E-state index is 0.193. The molecule has 0 bridgehead atoms. The van der Waals surface area contributed by atoms with E-state index in [2.05, 4.69) is 10.6 Å². The SMILES string of the molecule is CCOC(=O)C1=C(C)N=c2s/c(=C\c3cn(Cc4ccccc4Cl)c4ccccc34)c(=O)n2[C@H]1c1ccc(OCC)c(OCC)c1. The summed E-state index contributed by atoms with van der Waals surface area (Å²) in [7, 11) is 0. The Balaban J connectivity index is 1.52. The summed E-state index contributed by atoms with van der Waals surface area (Å²) in [5.74, 6) is 0.609. The number of benzene rings is 3. The summed E-state index contributed by atoms with van der Waals surface area (Å²) in [4.78, 5) is 32.9. The summed E-state index contributed by atoms with van der Waals surface area (Å²) in [5.41, 5.74) is 4.16. The van der Waals surface area contributed by atoms with Crippen molar-refractivity contribution in [3.8, 4) is 11.5 Å². The summed E-state index contributed by atoms with van der Waals surface area (Å²) in [6.45, 7) is 9.00. The third kappa shape index (κ3) is 5.88. The fraction of sp³-hybridized carbons (Fsp3) is 0.250. The molecule has 0 radical (unpaired) electrons. The summed E-state index contributed by atoms with van der Waals surface area (Å²) in [6.07, 6.45) is 3.94. The molecule has 0 fully saturated rings. The van der Waals surface area contributed by atoms with Gasteiger partial charge in [-0.15, -0.1) is 0 Å². The zero-order valence-electron chi connectivity index (χ0n) is 26.1. The molecule has 8 nitrogen and oxygen atoms in total. The summed E-state index contributed by atoms with van der Waals surface area (Å²) in [6, 6.07) is 20.6. The van der Waals surface area contributed by atoms with Crippen LogP contribution < -0.4 is 24.4 Å². The normalized spacial score (nSPS) is 14.7. The lowest BCUT2D eigenvalue weighted by atomic mass is 9.95. The number of hydrogen-bond acceptors (Lipinski definition) is 7. The van der Waals surface area contributed by atoms with Crippen LogP contribution in [0.1, 0.15) is 50.4 Å². The number of esters is 1. The lowest BCUT2D eigenvalue weighted by molar-refractivity contribution is -0.139. The highest BCUT2D eigenvalue weighted by Gasteiger charge is 2.34. The minimum Gasteiger partial charge on any atom is -0.490 e. The van der Waals surface area contributed by atoms with Crippen LogP contribution in [0.15, 0.2) is 94.0 Å². The highest BCUT2D eigenvalue weighted by atomic mass is 35.5. The second-order valence-electron chi connectivity index (χ2n) is 10.7. The quantitative estimate of drug-likeness (QED) is 0.166. The number of fused-ring (bicyclic) bond motifs is 2. The lowest BCUT2D eigenvalue weighted by Crippen LogP contribution is -2.40. The van der Waals surface area contributed by atoms with E-state index >= 15 is 0 Å². The first-order chi connectivity index (χ1) is 22.3. The van der Waals surface area contributed by atoms with Gasteiger partial charge in [-0.3, -0.25) is 9.36 Å². The molecule has 236 valence electrons. The van der Waals surface area contributed by atoms with Crippen LogP contribution in [0.5, 0.6) is 11.5 Å². The van der Waals surface area contributed by atoms with Gasteiger partial charge in [0.15, 0.2) is 16.3 Å². The van der Waals surface area contributed by atoms with Crippen molar-refractivity contribution < 1.29 is 19.0 Å². The van der Waals surface area contributed by atoms with Gasteiger partial charge in [-0.25, -0.2) is 9.79 Å². The maximum Gasteiger partial charge on any atom is 0.338 e. The number of aromatic nitrogens is 2. The number of ether oxygens (including phenoxy) is 3. The maximum absolute atomic E-state index is 14.3. The van der Waals surface area contributed by atoms with Crippen molar-refractivity contribution in [3.05, 3.63) is 126 Å². The number of para-hydroxylation sites is 1. The van der Waals surface area contributed by atoms with E-state index in [4.69, 9.17) is 30.8 Å². The highest BCUT2D eigenvalue weighted by molar-refractivity contribution is 7.07. The van der Waals surface area contributed by atoms with Crippen LogP contribution in [0.25, 0.3) is 17.0 Å². The Hall–Kier alpha value is -4.60. The van der Waals surface area contributed by atoms with Crippen molar-refractivity contribution in [1.29, 1.82) is 0 Å². The van der Waals surface area contributed by atoms with Gasteiger partial charge in [-0.05, 0) is 69.2 Å². The molecule has 3 heterocycles. The van der Waals surface area contributed by atoms with Crippen LogP contribution in [0, 0.1) is 0 Å². The van der Waals surface area contributed by atoms with Gasteiger partial charge in [0.2, 0.25) is 0 Å². The fourth-order valence-corrected chi connectivity index (χ4v) is 7.05. The molecule has 0 saturated heterocycles. The number of allylic oxidation sites excluding steroid dienone is 1. The van der Waals surface area contributed by atoms with E-state index in [1.54, 1.807) is 18.4 Å². The van der Waals surface area contributed by atoms with E-state index in [0.717, 1.165) is 22.0 Å². The number of hydrogen-bond donors (Lipinski definition) is 0. The molecule has 0 amide bonds. The molecular formula is C36H34ClN3O5S. The molecule has 10 heteroatoms. The Morgan fingerprint density at radius 1 is 0.978 bits per heavy atom. The minimum atomic E-state index is -0.770. The molecule has 0 saturated carbocycles. The fourth-order valence-electron chi connectivity index (χ4n) is 5.82. The van der Waals surface area contributed by atoms with Crippen LogP contribution in [-0.4, -0.2) is 34.9 Å². The first kappa shape index (κ1) is 31.4. The third-order valence-electron chi connectivity index (χ3n) is 7.80. The topological polar surface area (TPSA) is 84.1 Å². The van der Waals surface area contributed by atoms with Crippen molar-refractivity contribution in [2.75, 3.05) is 19.8 Å². The van der Waals surface area contributed by atoms with Crippen LogP contribution in [0.4, 0.5) is 0 Å². The smallest absolute Gasteiger partial charge is 0.338 e. The molecule has 3 aromatic carbocycles. The molecule has 1 atom stereocenters. The summed E-state index contributed by atoms with van der Waals surface area (Å²) >= 11 is 7.79. The van der Waals surface area contributed by atoms with E-state index in [-0.39, 0.29) is 12.2 Å². The number of rotatable bonds is 10. The second kappa shape index (κ2) is 13.4. The van der Waals surface area contributed by atoms with Gasteiger partial charge in [0, 0.05) is 34.2 Å². The third-order valence-corrected chi connectivity index (χ3v) is 9.16. The van der Waals surface area contributed by atoms with Gasteiger partial charge in [-0.2, -0.15) is 0 Å². The predicted molar refractivity (Wildman–Crippen MR) is 182 cm³/mol. The van der Waals surface area contributed by atoms with Gasteiger partial charge in [0.05, 0.1) is 41.7 Å². The van der Waals surface area contributed by atoms with E-state index in [1.807, 2.05) is 86.8 Å². The standard InChI is InChI=1S/C36H34ClN3O5S/c1-5-43-29-17-16-23(18-30(29)44-6-2)33-32(35(42)45-7-3)22(4)38-36-40(33)34(41)31(46-36)19-25-21-39(28-15-11-9-13-26(25)28)20-24-12-8-10-14-27(24)37/h8-19,21,33H,5-7,20H2,1-4H3/b31-19-/t33-/m0/s1. The Bertz CT molecular complexity index is 2160. The molecule has 5 aromatic rings. The van der Waals surface area contributed by atoms with Crippen molar-refractivity contribution in [3.63, 3.8) is 0 Å². The molecule has 1 aliphatic heterocycles. The zero-order chi connectivity index (χ0) is 32.4. The van der Waals surface area contributed by atoms with Crippen molar-refractivity contribution >= 4 is 45.9 Å². The average Bonchev–Trinajstić information content (AvgIpc) is 3.54. The molecule has 2 aromatic heterocycles. The van der Waals surface area contributed by atoms with Crippen molar-refractivity contribution in [2.45, 2.75) is 40.3 Å². The van der Waals surface area contributed by atoms with Crippen LogP contribution in [0.3, 0.4) is 0 Å². The molecule has 1 aliphatic rings. The monoisotopic (exact) mass is 655 g/mol. The first-order valence-electron chi connectivity index (χ1n) is 15.2. The molecule has 6 rings (SSSR count). The predicted octanol–water partition coefficient (Wildman–Crippen LogP) is 6.25.